The lowest BCUT2D eigenvalue weighted by molar-refractivity contribution is 0.101. The molecule has 2 rings (SSSR count). The number of Topliss-reactive ketones (excluding diaryl/α,β-unsaturated/α-hetero) is 1. The van der Waals surface area contributed by atoms with Crippen LogP contribution in [0.15, 0.2) is 24.3 Å². The van der Waals surface area contributed by atoms with Gasteiger partial charge in [0.25, 0.3) is 0 Å². The van der Waals surface area contributed by atoms with Gasteiger partial charge in [0.2, 0.25) is 0 Å². The van der Waals surface area contributed by atoms with Crippen molar-refractivity contribution in [2.24, 2.45) is 0 Å². The van der Waals surface area contributed by atoms with Crippen molar-refractivity contribution < 1.29 is 9.18 Å². The smallest absolute Gasteiger partial charge is 0.159 e. The predicted molar refractivity (Wildman–Crippen MR) is 62.6 cm³/mol. The molecule has 1 aromatic rings. The van der Waals surface area contributed by atoms with Gasteiger partial charge in [0.15, 0.2) is 5.78 Å². The van der Waals surface area contributed by atoms with Crippen molar-refractivity contribution in [3.63, 3.8) is 0 Å². The van der Waals surface area contributed by atoms with E-state index in [1.165, 1.54) is 5.56 Å². The Labute approximate surface area is 95.7 Å². The van der Waals surface area contributed by atoms with Crippen LogP contribution in [0.5, 0.6) is 0 Å². The third kappa shape index (κ3) is 2.49. The Morgan fingerprint density at radius 3 is 2.19 bits per heavy atom. The van der Waals surface area contributed by atoms with Gasteiger partial charge in [-0.05, 0) is 44.1 Å². The molecule has 0 N–H and O–H groups in total. The zero-order valence-electron chi connectivity index (χ0n) is 9.58. The average Bonchev–Trinajstić information content (AvgIpc) is 2.30. The van der Waals surface area contributed by atoms with Crippen molar-refractivity contribution in [2.45, 2.75) is 44.7 Å². The molecule has 0 bridgehead atoms. The topological polar surface area (TPSA) is 17.1 Å². The van der Waals surface area contributed by atoms with Crippen LogP contribution in [0.3, 0.4) is 0 Å². The zero-order chi connectivity index (χ0) is 11.5. The van der Waals surface area contributed by atoms with E-state index in [9.17, 15) is 9.18 Å². The molecule has 0 saturated heterocycles. The number of benzene rings is 1. The number of hydrogen-bond acceptors (Lipinski definition) is 1. The van der Waals surface area contributed by atoms with Gasteiger partial charge < -0.3 is 0 Å². The first-order valence-corrected chi connectivity index (χ1v) is 5.92. The molecule has 16 heavy (non-hydrogen) atoms. The Hall–Kier alpha value is -1.18. The second-order valence-corrected chi connectivity index (χ2v) is 4.63. The summed E-state index contributed by atoms with van der Waals surface area (Å²) >= 11 is 0. The Bertz CT molecular complexity index is 361. The SMILES string of the molecule is CC(=O)c1ccc(C2CCC(F)CC2)cc1. The van der Waals surface area contributed by atoms with Crippen molar-refractivity contribution in [3.8, 4) is 0 Å². The van der Waals surface area contributed by atoms with Gasteiger partial charge >= 0.3 is 0 Å². The number of halogens is 1. The van der Waals surface area contributed by atoms with Gasteiger partial charge in [0, 0.05) is 5.56 Å². The Morgan fingerprint density at radius 2 is 1.69 bits per heavy atom. The highest BCUT2D eigenvalue weighted by atomic mass is 19.1. The summed E-state index contributed by atoms with van der Waals surface area (Å²) in [5.41, 5.74) is 2.00. The van der Waals surface area contributed by atoms with Crippen LogP contribution in [0, 0.1) is 0 Å². The van der Waals surface area contributed by atoms with Crippen LogP contribution in [0.25, 0.3) is 0 Å². The molecule has 0 atom stereocenters. The molecule has 2 heteroatoms. The largest absolute Gasteiger partial charge is 0.295 e. The molecule has 1 aliphatic carbocycles. The normalized spacial score (nSPS) is 25.4. The van der Waals surface area contributed by atoms with Crippen LogP contribution in [0.2, 0.25) is 0 Å². The molecular formula is C14H17FO. The minimum Gasteiger partial charge on any atom is -0.295 e. The van der Waals surface area contributed by atoms with Crippen LogP contribution >= 0.6 is 0 Å². The summed E-state index contributed by atoms with van der Waals surface area (Å²) in [6.07, 6.45) is 2.62. The summed E-state index contributed by atoms with van der Waals surface area (Å²) < 4.78 is 13.0. The highest BCUT2D eigenvalue weighted by molar-refractivity contribution is 5.94. The van der Waals surface area contributed by atoms with Gasteiger partial charge in [-0.3, -0.25) is 4.79 Å². The maximum atomic E-state index is 13.0. The molecule has 1 fully saturated rings. The summed E-state index contributed by atoms with van der Waals surface area (Å²) in [5, 5.41) is 0. The minimum absolute atomic E-state index is 0.0963. The van der Waals surface area contributed by atoms with E-state index < -0.39 is 6.17 Å². The third-order valence-corrected chi connectivity index (χ3v) is 3.45. The van der Waals surface area contributed by atoms with Gasteiger partial charge in [-0.2, -0.15) is 0 Å². The summed E-state index contributed by atoms with van der Waals surface area (Å²) in [7, 11) is 0. The van der Waals surface area contributed by atoms with Gasteiger partial charge in [-0.1, -0.05) is 24.3 Å². The molecule has 0 radical (unpaired) electrons. The molecule has 86 valence electrons. The quantitative estimate of drug-likeness (QED) is 0.691. The number of rotatable bonds is 2. The van der Waals surface area contributed by atoms with Gasteiger partial charge in [0.1, 0.15) is 6.17 Å². The molecule has 0 amide bonds. The zero-order valence-corrected chi connectivity index (χ0v) is 9.58. The van der Waals surface area contributed by atoms with Crippen molar-refractivity contribution in [1.29, 1.82) is 0 Å². The first-order valence-electron chi connectivity index (χ1n) is 5.92. The summed E-state index contributed by atoms with van der Waals surface area (Å²) in [5.74, 6) is 0.576. The maximum Gasteiger partial charge on any atom is 0.159 e. The van der Waals surface area contributed by atoms with Crippen molar-refractivity contribution in [3.05, 3.63) is 35.4 Å². The Kier molecular flexibility index (Phi) is 3.37. The van der Waals surface area contributed by atoms with Crippen LogP contribution in [0.4, 0.5) is 4.39 Å². The lowest BCUT2D eigenvalue weighted by atomic mass is 9.83. The molecule has 1 aliphatic rings. The van der Waals surface area contributed by atoms with E-state index in [0.29, 0.717) is 18.8 Å². The summed E-state index contributed by atoms with van der Waals surface area (Å²) in [6.45, 7) is 1.57. The van der Waals surface area contributed by atoms with Crippen LogP contribution < -0.4 is 0 Å². The van der Waals surface area contributed by atoms with E-state index in [4.69, 9.17) is 0 Å². The molecule has 0 unspecified atom stereocenters. The fourth-order valence-corrected chi connectivity index (χ4v) is 2.38. The molecule has 1 aromatic carbocycles. The second kappa shape index (κ2) is 4.77. The monoisotopic (exact) mass is 220 g/mol. The fraction of sp³-hybridized carbons (Fsp3) is 0.500. The predicted octanol–water partition coefficient (Wildman–Crippen LogP) is 3.88. The average molecular weight is 220 g/mol. The molecule has 1 nitrogen and oxygen atoms in total. The van der Waals surface area contributed by atoms with Crippen LogP contribution in [0.1, 0.15) is 54.4 Å². The third-order valence-electron chi connectivity index (χ3n) is 3.45. The highest BCUT2D eigenvalue weighted by Crippen LogP contribution is 2.33. The number of carbonyl (C=O) groups is 1. The van der Waals surface area contributed by atoms with E-state index in [1.807, 2.05) is 24.3 Å². The van der Waals surface area contributed by atoms with Gasteiger partial charge in [-0.25, -0.2) is 4.39 Å². The first kappa shape index (κ1) is 11.3. The lowest BCUT2D eigenvalue weighted by Gasteiger charge is -2.24. The number of carbonyl (C=O) groups excluding carboxylic acids is 1. The molecule has 1 saturated carbocycles. The summed E-state index contributed by atoms with van der Waals surface area (Å²) in [4.78, 5) is 11.1. The van der Waals surface area contributed by atoms with Gasteiger partial charge in [0.05, 0.1) is 0 Å². The molecular weight excluding hydrogens is 203 g/mol. The molecule has 0 aliphatic heterocycles. The highest BCUT2D eigenvalue weighted by Gasteiger charge is 2.21. The molecule has 0 aromatic heterocycles. The minimum atomic E-state index is -0.604. The van der Waals surface area contributed by atoms with E-state index >= 15 is 0 Å². The standard InChI is InChI=1S/C14H17FO/c1-10(16)11-2-4-12(5-3-11)13-6-8-14(15)9-7-13/h2-5,13-14H,6-9H2,1H3. The van der Waals surface area contributed by atoms with Crippen molar-refractivity contribution in [2.75, 3.05) is 0 Å². The molecule has 0 spiro atoms. The Morgan fingerprint density at radius 1 is 1.12 bits per heavy atom. The first-order chi connectivity index (χ1) is 7.66. The Balaban J connectivity index is 2.07. The van der Waals surface area contributed by atoms with E-state index in [2.05, 4.69) is 0 Å². The number of ketones is 1. The number of hydrogen-bond donors (Lipinski definition) is 0. The van der Waals surface area contributed by atoms with E-state index in [1.54, 1.807) is 6.92 Å². The van der Waals surface area contributed by atoms with Gasteiger partial charge in [-0.15, -0.1) is 0 Å². The second-order valence-electron chi connectivity index (χ2n) is 4.63. The van der Waals surface area contributed by atoms with Crippen molar-refractivity contribution in [1.82, 2.24) is 0 Å². The number of alkyl halides is 1. The van der Waals surface area contributed by atoms with E-state index in [-0.39, 0.29) is 5.78 Å². The maximum absolute atomic E-state index is 13.0. The summed E-state index contributed by atoms with van der Waals surface area (Å²) in [6, 6.07) is 7.78. The van der Waals surface area contributed by atoms with E-state index in [0.717, 1.165) is 18.4 Å². The lowest BCUT2D eigenvalue weighted by Crippen LogP contribution is -2.13. The van der Waals surface area contributed by atoms with Crippen molar-refractivity contribution >= 4 is 5.78 Å². The fourth-order valence-electron chi connectivity index (χ4n) is 2.38. The van der Waals surface area contributed by atoms with Crippen LogP contribution in [-0.4, -0.2) is 12.0 Å². The van der Waals surface area contributed by atoms with Crippen LogP contribution in [-0.2, 0) is 0 Å². The molecule has 0 heterocycles.